The van der Waals surface area contributed by atoms with Crippen LogP contribution in [0.15, 0.2) is 30.7 Å². The Morgan fingerprint density at radius 2 is 2.00 bits per heavy atom. The number of carbonyl (C=O) groups is 1. The van der Waals surface area contributed by atoms with Gasteiger partial charge in [-0.15, -0.1) is 0 Å². The molecule has 134 valence electrons. The number of rotatable bonds is 4. The summed E-state index contributed by atoms with van der Waals surface area (Å²) in [5, 5.41) is 3.44. The Morgan fingerprint density at radius 1 is 1.24 bits per heavy atom. The van der Waals surface area contributed by atoms with E-state index in [2.05, 4.69) is 28.5 Å². The van der Waals surface area contributed by atoms with Gasteiger partial charge in [-0.3, -0.25) is 4.90 Å². The number of ether oxygens (including phenoxy) is 1. The van der Waals surface area contributed by atoms with Crippen LogP contribution in [-0.4, -0.2) is 26.1 Å². The van der Waals surface area contributed by atoms with Crippen molar-refractivity contribution >= 4 is 6.09 Å². The van der Waals surface area contributed by atoms with Crippen molar-refractivity contribution in [1.82, 2.24) is 19.8 Å². The summed E-state index contributed by atoms with van der Waals surface area (Å²) < 4.78 is 7.48. The third-order valence-electron chi connectivity index (χ3n) is 4.20. The van der Waals surface area contributed by atoms with Crippen LogP contribution in [0.4, 0.5) is 4.79 Å². The van der Waals surface area contributed by atoms with E-state index in [1.165, 1.54) is 16.7 Å². The molecular weight excluding hydrogens is 316 g/mol. The fourth-order valence-electron chi connectivity index (χ4n) is 2.90. The van der Waals surface area contributed by atoms with Gasteiger partial charge in [-0.1, -0.05) is 18.2 Å². The number of nitrogens with zero attached hydrogens (tertiary/aromatic N) is 3. The minimum atomic E-state index is -0.466. The number of aryl methyl sites for hydroxylation is 1. The number of hydrogen-bond acceptors (Lipinski definition) is 4. The van der Waals surface area contributed by atoms with E-state index in [1.54, 1.807) is 11.2 Å². The molecule has 0 saturated heterocycles. The summed E-state index contributed by atoms with van der Waals surface area (Å²) in [5.74, 6) is 0. The Hall–Kier alpha value is -2.34. The van der Waals surface area contributed by atoms with Gasteiger partial charge in [0.1, 0.15) is 5.60 Å². The highest BCUT2D eigenvalue weighted by Crippen LogP contribution is 2.25. The number of benzene rings is 1. The maximum atomic E-state index is 12.2. The van der Waals surface area contributed by atoms with Crippen LogP contribution in [0.1, 0.15) is 43.2 Å². The van der Waals surface area contributed by atoms with Crippen LogP contribution in [0.25, 0.3) is 0 Å². The maximum Gasteiger partial charge on any atom is 0.410 e. The average molecular weight is 342 g/mol. The third-order valence-corrected chi connectivity index (χ3v) is 4.20. The molecule has 0 fully saturated rings. The lowest BCUT2D eigenvalue weighted by Gasteiger charge is -2.24. The van der Waals surface area contributed by atoms with Crippen LogP contribution in [0.2, 0.25) is 0 Å². The van der Waals surface area contributed by atoms with Crippen molar-refractivity contribution in [3.8, 4) is 0 Å². The van der Waals surface area contributed by atoms with E-state index in [1.807, 2.05) is 38.6 Å². The van der Waals surface area contributed by atoms with Gasteiger partial charge in [-0.05, 0) is 37.5 Å². The minimum absolute atomic E-state index is 0.250. The molecule has 2 aromatic rings. The van der Waals surface area contributed by atoms with E-state index in [-0.39, 0.29) is 6.09 Å². The van der Waals surface area contributed by atoms with E-state index < -0.39 is 5.60 Å². The Labute approximate surface area is 148 Å². The van der Waals surface area contributed by atoms with Crippen LogP contribution in [0, 0.1) is 0 Å². The molecule has 0 radical (unpaired) electrons. The zero-order valence-corrected chi connectivity index (χ0v) is 15.4. The molecule has 0 aliphatic carbocycles. The summed E-state index contributed by atoms with van der Waals surface area (Å²) >= 11 is 0. The normalized spacial score (nSPS) is 13.8. The summed E-state index contributed by atoms with van der Waals surface area (Å²) in [6, 6.07) is 6.41. The largest absolute Gasteiger partial charge is 0.444 e. The first-order valence-electron chi connectivity index (χ1n) is 8.56. The smallest absolute Gasteiger partial charge is 0.410 e. The van der Waals surface area contributed by atoms with Gasteiger partial charge < -0.3 is 14.6 Å². The molecule has 0 bridgehead atoms. The van der Waals surface area contributed by atoms with Gasteiger partial charge in [0.2, 0.25) is 0 Å². The predicted molar refractivity (Wildman–Crippen MR) is 95.7 cm³/mol. The SMILES string of the molecule is Cn1cncc1CNCc1ccc2c(c1)CN(C(=O)OC(C)(C)C)C2. The highest BCUT2D eigenvalue weighted by atomic mass is 16.6. The highest BCUT2D eigenvalue weighted by molar-refractivity contribution is 5.69. The van der Waals surface area contributed by atoms with E-state index in [0.29, 0.717) is 13.1 Å². The number of imidazole rings is 1. The monoisotopic (exact) mass is 342 g/mol. The highest BCUT2D eigenvalue weighted by Gasteiger charge is 2.27. The number of nitrogens with one attached hydrogen (secondary N) is 1. The van der Waals surface area contributed by atoms with Gasteiger partial charge in [0.15, 0.2) is 0 Å². The van der Waals surface area contributed by atoms with Crippen molar-refractivity contribution in [3.63, 3.8) is 0 Å². The quantitative estimate of drug-likeness (QED) is 0.928. The molecule has 0 saturated carbocycles. The van der Waals surface area contributed by atoms with Gasteiger partial charge in [-0.2, -0.15) is 0 Å². The second-order valence-electron chi connectivity index (χ2n) is 7.54. The fraction of sp³-hybridized carbons (Fsp3) is 0.474. The molecular formula is C19H26N4O2. The lowest BCUT2D eigenvalue weighted by Crippen LogP contribution is -2.33. The van der Waals surface area contributed by atoms with Gasteiger partial charge >= 0.3 is 6.09 Å². The van der Waals surface area contributed by atoms with Crippen molar-refractivity contribution < 1.29 is 9.53 Å². The van der Waals surface area contributed by atoms with E-state index in [0.717, 1.165) is 18.8 Å². The van der Waals surface area contributed by atoms with Crippen LogP contribution in [0.3, 0.4) is 0 Å². The maximum absolute atomic E-state index is 12.2. The van der Waals surface area contributed by atoms with Gasteiger partial charge in [0.05, 0.1) is 12.0 Å². The Bertz CT molecular complexity index is 761. The Kier molecular flexibility index (Phi) is 4.81. The van der Waals surface area contributed by atoms with E-state index in [9.17, 15) is 4.79 Å². The number of hydrogen-bond donors (Lipinski definition) is 1. The average Bonchev–Trinajstić information content (AvgIpc) is 3.12. The fourth-order valence-corrected chi connectivity index (χ4v) is 2.90. The lowest BCUT2D eigenvalue weighted by atomic mass is 10.1. The Morgan fingerprint density at radius 3 is 2.68 bits per heavy atom. The third kappa shape index (κ3) is 4.39. The second-order valence-corrected chi connectivity index (χ2v) is 7.54. The number of amides is 1. The zero-order valence-electron chi connectivity index (χ0n) is 15.4. The molecule has 0 atom stereocenters. The summed E-state index contributed by atoms with van der Waals surface area (Å²) in [6.07, 6.45) is 3.42. The molecule has 0 unspecified atom stereocenters. The van der Waals surface area contributed by atoms with Crippen LogP contribution in [-0.2, 0) is 38.0 Å². The molecule has 1 aliphatic heterocycles. The van der Waals surface area contributed by atoms with Crippen molar-refractivity contribution in [2.24, 2.45) is 7.05 Å². The first kappa shape index (κ1) is 17.5. The Balaban J connectivity index is 1.56. The van der Waals surface area contributed by atoms with Crippen LogP contribution in [0.5, 0.6) is 0 Å². The standard InChI is InChI=1S/C19H26N4O2/c1-19(2,3)25-18(24)23-11-15-6-5-14(7-16(15)12-23)8-20-9-17-10-21-13-22(17)4/h5-7,10,13,20H,8-9,11-12H2,1-4H3. The van der Waals surface area contributed by atoms with Crippen molar-refractivity contribution in [3.05, 3.63) is 53.1 Å². The first-order chi connectivity index (χ1) is 11.8. The molecule has 1 amide bonds. The van der Waals surface area contributed by atoms with Gasteiger partial charge in [0, 0.05) is 39.4 Å². The molecule has 1 N–H and O–H groups in total. The summed E-state index contributed by atoms with van der Waals surface area (Å²) in [7, 11) is 1.99. The zero-order chi connectivity index (χ0) is 18.0. The number of aromatic nitrogens is 2. The second kappa shape index (κ2) is 6.88. The van der Waals surface area contributed by atoms with E-state index >= 15 is 0 Å². The lowest BCUT2D eigenvalue weighted by molar-refractivity contribution is 0.0242. The van der Waals surface area contributed by atoms with Crippen molar-refractivity contribution in [2.45, 2.75) is 52.6 Å². The van der Waals surface area contributed by atoms with Crippen molar-refractivity contribution in [2.75, 3.05) is 0 Å². The molecule has 25 heavy (non-hydrogen) atoms. The predicted octanol–water partition coefficient (Wildman–Crippen LogP) is 2.96. The van der Waals surface area contributed by atoms with E-state index in [4.69, 9.17) is 4.74 Å². The van der Waals surface area contributed by atoms with Crippen LogP contribution >= 0.6 is 0 Å². The molecule has 0 spiro atoms. The summed E-state index contributed by atoms with van der Waals surface area (Å²) in [4.78, 5) is 18.1. The molecule has 3 rings (SSSR count). The van der Waals surface area contributed by atoms with Gasteiger partial charge in [-0.25, -0.2) is 9.78 Å². The molecule has 1 aromatic heterocycles. The molecule has 2 heterocycles. The van der Waals surface area contributed by atoms with Crippen molar-refractivity contribution in [1.29, 1.82) is 0 Å². The number of fused-ring (bicyclic) bond motifs is 1. The molecule has 1 aliphatic rings. The topological polar surface area (TPSA) is 59.4 Å². The minimum Gasteiger partial charge on any atom is -0.444 e. The molecule has 6 nitrogen and oxygen atoms in total. The van der Waals surface area contributed by atoms with Gasteiger partial charge in [0.25, 0.3) is 0 Å². The molecule has 1 aromatic carbocycles. The summed E-state index contributed by atoms with van der Waals surface area (Å²) in [5.41, 5.74) is 4.29. The first-order valence-corrected chi connectivity index (χ1v) is 8.56. The molecule has 6 heteroatoms. The summed E-state index contributed by atoms with van der Waals surface area (Å²) in [6.45, 7) is 8.45. The number of carbonyl (C=O) groups excluding carboxylic acids is 1. The van der Waals surface area contributed by atoms with Crippen LogP contribution < -0.4 is 5.32 Å².